The minimum atomic E-state index is -0.00539. The van der Waals surface area contributed by atoms with Crippen LogP contribution >= 0.6 is 22.6 Å². The molecule has 0 spiro atoms. The Morgan fingerprint density at radius 2 is 1.75 bits per heavy atom. The molecule has 0 bridgehead atoms. The zero-order valence-electron chi connectivity index (χ0n) is 13.6. The lowest BCUT2D eigenvalue weighted by Gasteiger charge is -2.33. The Balaban J connectivity index is 1.69. The summed E-state index contributed by atoms with van der Waals surface area (Å²) in [5, 5.41) is 5.70. The maximum Gasteiger partial charge on any atom is 0.238 e. The minimum absolute atomic E-state index is 0.00539. The predicted octanol–water partition coefficient (Wildman–Crippen LogP) is 1.15. The Kier molecular flexibility index (Phi) is 7.67. The minimum Gasteiger partial charge on any atom is -0.352 e. The van der Waals surface area contributed by atoms with E-state index in [4.69, 9.17) is 0 Å². The quantitative estimate of drug-likeness (QED) is 0.492. The van der Waals surface area contributed by atoms with E-state index in [2.05, 4.69) is 49.6 Å². The summed E-state index contributed by atoms with van der Waals surface area (Å²) in [7, 11) is 0. The molecule has 130 valence electrons. The number of hydrogen-bond donors (Lipinski definition) is 2. The zero-order chi connectivity index (χ0) is 17.4. The molecule has 0 saturated carbocycles. The first kappa shape index (κ1) is 18.9. The van der Waals surface area contributed by atoms with E-state index < -0.39 is 0 Å². The molecule has 0 unspecified atom stereocenters. The van der Waals surface area contributed by atoms with Gasteiger partial charge in [-0.25, -0.2) is 0 Å². The van der Waals surface area contributed by atoms with Gasteiger partial charge in [0.25, 0.3) is 0 Å². The Bertz CT molecular complexity index is 586. The molecule has 1 fully saturated rings. The zero-order valence-corrected chi connectivity index (χ0v) is 15.8. The summed E-state index contributed by atoms with van der Waals surface area (Å²) in [5.74, 6) is 0.00829. The molecule has 24 heavy (non-hydrogen) atoms. The molecule has 0 radical (unpaired) electrons. The van der Waals surface area contributed by atoms with E-state index in [-0.39, 0.29) is 11.8 Å². The standard InChI is InChI=1S/C17H23IN4O2/c1-2-6-19-16(23)12-21-7-9-22(10-8-21)13-17(24)20-15-5-3-4-14(18)11-15/h2-5,11H,1,6-10,12-13H2,(H,19,23)(H,20,24). The van der Waals surface area contributed by atoms with Crippen LogP contribution in [0.4, 0.5) is 5.69 Å². The lowest BCUT2D eigenvalue weighted by atomic mass is 10.3. The van der Waals surface area contributed by atoms with Crippen LogP contribution in [-0.2, 0) is 9.59 Å². The third-order valence-corrected chi connectivity index (χ3v) is 4.42. The predicted molar refractivity (Wildman–Crippen MR) is 104 cm³/mol. The van der Waals surface area contributed by atoms with Crippen molar-refractivity contribution in [2.45, 2.75) is 0 Å². The van der Waals surface area contributed by atoms with Crippen molar-refractivity contribution >= 4 is 40.1 Å². The first-order chi connectivity index (χ1) is 11.6. The first-order valence-corrected chi connectivity index (χ1v) is 9.02. The summed E-state index contributed by atoms with van der Waals surface area (Å²) < 4.78 is 1.09. The van der Waals surface area contributed by atoms with E-state index in [1.807, 2.05) is 24.3 Å². The third kappa shape index (κ3) is 6.58. The largest absolute Gasteiger partial charge is 0.352 e. The highest BCUT2D eigenvalue weighted by atomic mass is 127. The molecule has 0 atom stereocenters. The normalized spacial score (nSPS) is 15.7. The molecular weight excluding hydrogens is 419 g/mol. The van der Waals surface area contributed by atoms with E-state index in [0.717, 1.165) is 35.4 Å². The van der Waals surface area contributed by atoms with Crippen LogP contribution in [0, 0.1) is 3.57 Å². The van der Waals surface area contributed by atoms with Crippen molar-refractivity contribution in [2.75, 3.05) is 51.1 Å². The Morgan fingerprint density at radius 1 is 1.12 bits per heavy atom. The van der Waals surface area contributed by atoms with Crippen molar-refractivity contribution < 1.29 is 9.59 Å². The molecule has 1 aliphatic rings. The molecule has 1 aliphatic heterocycles. The second kappa shape index (κ2) is 9.75. The van der Waals surface area contributed by atoms with Crippen LogP contribution in [0.15, 0.2) is 36.9 Å². The van der Waals surface area contributed by atoms with E-state index >= 15 is 0 Å². The number of nitrogens with one attached hydrogen (secondary N) is 2. The molecule has 0 aromatic heterocycles. The van der Waals surface area contributed by atoms with Gasteiger partial charge < -0.3 is 10.6 Å². The molecule has 2 amide bonds. The highest BCUT2D eigenvalue weighted by Crippen LogP contribution is 2.12. The van der Waals surface area contributed by atoms with Crippen molar-refractivity contribution in [3.05, 3.63) is 40.5 Å². The van der Waals surface area contributed by atoms with E-state index in [1.165, 1.54) is 0 Å². The van der Waals surface area contributed by atoms with Gasteiger partial charge in [-0.3, -0.25) is 19.4 Å². The summed E-state index contributed by atoms with van der Waals surface area (Å²) in [6.45, 7) is 8.00. The fourth-order valence-corrected chi connectivity index (χ4v) is 3.06. The molecule has 1 saturated heterocycles. The van der Waals surface area contributed by atoms with Gasteiger partial charge in [-0.15, -0.1) is 6.58 Å². The third-order valence-electron chi connectivity index (χ3n) is 3.75. The summed E-state index contributed by atoms with van der Waals surface area (Å²) in [6, 6.07) is 7.74. The molecule has 1 aromatic carbocycles. The van der Waals surface area contributed by atoms with Crippen molar-refractivity contribution in [1.82, 2.24) is 15.1 Å². The van der Waals surface area contributed by atoms with Crippen molar-refractivity contribution in [1.29, 1.82) is 0 Å². The lowest BCUT2D eigenvalue weighted by Crippen LogP contribution is -2.51. The molecule has 2 rings (SSSR count). The summed E-state index contributed by atoms with van der Waals surface area (Å²) in [4.78, 5) is 28.0. The number of rotatable bonds is 7. The number of carbonyl (C=O) groups excluding carboxylic acids is 2. The number of amides is 2. The number of nitrogens with zero attached hydrogens (tertiary/aromatic N) is 2. The lowest BCUT2D eigenvalue weighted by molar-refractivity contribution is -0.123. The summed E-state index contributed by atoms with van der Waals surface area (Å²) in [6.07, 6.45) is 1.67. The Labute approximate surface area is 156 Å². The average Bonchev–Trinajstić information content (AvgIpc) is 2.54. The fourth-order valence-electron chi connectivity index (χ4n) is 2.52. The molecule has 1 heterocycles. The van der Waals surface area contributed by atoms with Crippen molar-refractivity contribution in [2.24, 2.45) is 0 Å². The maximum absolute atomic E-state index is 12.1. The van der Waals surface area contributed by atoms with E-state index in [0.29, 0.717) is 19.6 Å². The topological polar surface area (TPSA) is 64.7 Å². The van der Waals surface area contributed by atoms with Crippen LogP contribution in [0.2, 0.25) is 0 Å². The molecule has 6 nitrogen and oxygen atoms in total. The number of anilines is 1. The van der Waals surface area contributed by atoms with Gasteiger partial charge in [0.15, 0.2) is 0 Å². The SMILES string of the molecule is C=CCNC(=O)CN1CCN(CC(=O)Nc2cccc(I)c2)CC1. The van der Waals surface area contributed by atoms with E-state index in [9.17, 15) is 9.59 Å². The number of benzene rings is 1. The van der Waals surface area contributed by atoms with Crippen molar-refractivity contribution in [3.63, 3.8) is 0 Å². The van der Waals surface area contributed by atoms with Gasteiger partial charge in [0.05, 0.1) is 13.1 Å². The Morgan fingerprint density at radius 3 is 2.33 bits per heavy atom. The summed E-state index contributed by atoms with van der Waals surface area (Å²) in [5.41, 5.74) is 0.824. The molecule has 1 aromatic rings. The van der Waals surface area contributed by atoms with E-state index in [1.54, 1.807) is 6.08 Å². The van der Waals surface area contributed by atoms with Crippen LogP contribution in [-0.4, -0.2) is 67.4 Å². The van der Waals surface area contributed by atoms with Crippen LogP contribution in [0.1, 0.15) is 0 Å². The number of piperazine rings is 1. The van der Waals surface area contributed by atoms with Gasteiger partial charge in [-0.05, 0) is 40.8 Å². The second-order valence-electron chi connectivity index (χ2n) is 5.70. The van der Waals surface area contributed by atoms with Crippen LogP contribution in [0.25, 0.3) is 0 Å². The van der Waals surface area contributed by atoms with Gasteiger partial charge in [-0.2, -0.15) is 0 Å². The smallest absolute Gasteiger partial charge is 0.238 e. The highest BCUT2D eigenvalue weighted by Gasteiger charge is 2.20. The molecule has 7 heteroatoms. The second-order valence-corrected chi connectivity index (χ2v) is 6.95. The molecular formula is C17H23IN4O2. The van der Waals surface area contributed by atoms with Gasteiger partial charge >= 0.3 is 0 Å². The summed E-state index contributed by atoms with van der Waals surface area (Å²) >= 11 is 2.22. The van der Waals surface area contributed by atoms with Crippen molar-refractivity contribution in [3.8, 4) is 0 Å². The van der Waals surface area contributed by atoms with Gasteiger partial charge in [0.2, 0.25) is 11.8 Å². The Hall–Kier alpha value is -1.45. The van der Waals surface area contributed by atoms with Gasteiger partial charge in [-0.1, -0.05) is 12.1 Å². The first-order valence-electron chi connectivity index (χ1n) is 7.94. The van der Waals surface area contributed by atoms with Gasteiger partial charge in [0.1, 0.15) is 0 Å². The maximum atomic E-state index is 12.1. The number of hydrogen-bond acceptors (Lipinski definition) is 4. The van der Waals surface area contributed by atoms with Crippen LogP contribution in [0.3, 0.4) is 0 Å². The fraction of sp³-hybridized carbons (Fsp3) is 0.412. The molecule has 0 aliphatic carbocycles. The number of carbonyl (C=O) groups is 2. The molecule has 2 N–H and O–H groups in total. The average molecular weight is 442 g/mol. The monoisotopic (exact) mass is 442 g/mol. The van der Waals surface area contributed by atoms with Crippen LogP contribution in [0.5, 0.6) is 0 Å². The van der Waals surface area contributed by atoms with Crippen LogP contribution < -0.4 is 10.6 Å². The highest BCUT2D eigenvalue weighted by molar-refractivity contribution is 14.1. The number of halogens is 1. The van der Waals surface area contributed by atoms with Gasteiger partial charge in [0, 0.05) is 42.0 Å².